The Morgan fingerprint density at radius 2 is 1.84 bits per heavy atom. The first kappa shape index (κ1) is 17.2. The molecule has 0 bridgehead atoms. The van der Waals surface area contributed by atoms with Crippen molar-refractivity contribution in [3.05, 3.63) is 76.7 Å². The zero-order valence-corrected chi connectivity index (χ0v) is 14.3. The van der Waals surface area contributed by atoms with Gasteiger partial charge in [0.25, 0.3) is 0 Å². The van der Waals surface area contributed by atoms with Crippen molar-refractivity contribution in [3.8, 4) is 11.3 Å². The summed E-state index contributed by atoms with van der Waals surface area (Å²) in [6.07, 6.45) is 0. The van der Waals surface area contributed by atoms with Gasteiger partial charge in [-0.15, -0.1) is 0 Å². The molecule has 0 unspecified atom stereocenters. The van der Waals surface area contributed by atoms with E-state index in [4.69, 9.17) is 16.3 Å². The number of rotatable bonds is 5. The highest BCUT2D eigenvalue weighted by Crippen LogP contribution is 2.21. The largest absolute Gasteiger partial charge is 0.461 e. The lowest BCUT2D eigenvalue weighted by Gasteiger charge is -2.07. The Hall–Kier alpha value is -2.66. The van der Waals surface area contributed by atoms with Gasteiger partial charge in [0, 0.05) is 10.6 Å². The zero-order valence-electron chi connectivity index (χ0n) is 13.6. The van der Waals surface area contributed by atoms with Crippen LogP contribution >= 0.6 is 11.6 Å². The van der Waals surface area contributed by atoms with E-state index in [1.165, 1.54) is 12.1 Å². The number of hydrogen-bond donors (Lipinski definition) is 0. The third-order valence-electron chi connectivity index (χ3n) is 3.65. The standard InChI is InChI=1S/C19H16ClFN2O2/c1-2-25-19(24)18-11-17(14-5-9-16(21)10-6-14)22-23(18)12-13-3-7-15(20)8-4-13/h3-11H,2,12H2,1H3. The number of carbonyl (C=O) groups excluding carboxylic acids is 1. The van der Waals surface area contributed by atoms with Crippen LogP contribution in [-0.2, 0) is 11.3 Å². The number of nitrogens with zero attached hydrogens (tertiary/aromatic N) is 2. The van der Waals surface area contributed by atoms with Gasteiger partial charge in [-0.05, 0) is 55.0 Å². The summed E-state index contributed by atoms with van der Waals surface area (Å²) in [6, 6.07) is 14.9. The molecule has 0 aliphatic heterocycles. The SMILES string of the molecule is CCOC(=O)c1cc(-c2ccc(F)cc2)nn1Cc1ccc(Cl)cc1. The monoisotopic (exact) mass is 358 g/mol. The van der Waals surface area contributed by atoms with Crippen LogP contribution in [0, 0.1) is 5.82 Å². The molecule has 0 fully saturated rings. The number of esters is 1. The molecule has 0 spiro atoms. The third-order valence-corrected chi connectivity index (χ3v) is 3.90. The van der Waals surface area contributed by atoms with E-state index in [-0.39, 0.29) is 12.4 Å². The van der Waals surface area contributed by atoms with E-state index in [2.05, 4.69) is 5.10 Å². The molecule has 4 nitrogen and oxygen atoms in total. The number of hydrogen-bond acceptors (Lipinski definition) is 3. The average molecular weight is 359 g/mol. The van der Waals surface area contributed by atoms with Crippen LogP contribution in [0.5, 0.6) is 0 Å². The van der Waals surface area contributed by atoms with Gasteiger partial charge in [0.15, 0.2) is 0 Å². The van der Waals surface area contributed by atoms with Gasteiger partial charge in [-0.1, -0.05) is 23.7 Å². The van der Waals surface area contributed by atoms with Crippen molar-refractivity contribution in [2.24, 2.45) is 0 Å². The molecule has 1 heterocycles. The molecule has 0 aliphatic rings. The van der Waals surface area contributed by atoms with Crippen LogP contribution in [0.3, 0.4) is 0 Å². The molecular weight excluding hydrogens is 343 g/mol. The second-order valence-corrected chi connectivity index (χ2v) is 5.86. The van der Waals surface area contributed by atoms with Gasteiger partial charge in [0.05, 0.1) is 18.8 Å². The quantitative estimate of drug-likeness (QED) is 0.628. The normalized spacial score (nSPS) is 10.7. The van der Waals surface area contributed by atoms with Gasteiger partial charge in [0.1, 0.15) is 11.5 Å². The van der Waals surface area contributed by atoms with Crippen molar-refractivity contribution >= 4 is 17.6 Å². The van der Waals surface area contributed by atoms with Crippen LogP contribution < -0.4 is 0 Å². The first-order valence-electron chi connectivity index (χ1n) is 7.82. The second kappa shape index (κ2) is 7.49. The van der Waals surface area contributed by atoms with Crippen molar-refractivity contribution in [1.29, 1.82) is 0 Å². The molecule has 6 heteroatoms. The highest BCUT2D eigenvalue weighted by atomic mass is 35.5. The molecule has 0 atom stereocenters. The molecule has 3 rings (SSSR count). The molecule has 0 N–H and O–H groups in total. The maximum Gasteiger partial charge on any atom is 0.356 e. The van der Waals surface area contributed by atoms with E-state index >= 15 is 0 Å². The van der Waals surface area contributed by atoms with E-state index in [0.717, 1.165) is 11.1 Å². The van der Waals surface area contributed by atoms with Crippen LogP contribution in [0.25, 0.3) is 11.3 Å². The predicted molar refractivity (Wildman–Crippen MR) is 94.1 cm³/mol. The second-order valence-electron chi connectivity index (χ2n) is 5.43. The highest BCUT2D eigenvalue weighted by molar-refractivity contribution is 6.30. The molecule has 0 amide bonds. The Kier molecular flexibility index (Phi) is 5.14. The van der Waals surface area contributed by atoms with Gasteiger partial charge in [-0.3, -0.25) is 4.68 Å². The van der Waals surface area contributed by atoms with E-state index in [9.17, 15) is 9.18 Å². The predicted octanol–water partition coefficient (Wildman–Crippen LogP) is 4.57. The molecule has 0 aliphatic carbocycles. The van der Waals surface area contributed by atoms with Crippen molar-refractivity contribution in [2.45, 2.75) is 13.5 Å². The summed E-state index contributed by atoms with van der Waals surface area (Å²) >= 11 is 5.91. The van der Waals surface area contributed by atoms with Gasteiger partial charge < -0.3 is 4.74 Å². The molecule has 3 aromatic rings. The summed E-state index contributed by atoms with van der Waals surface area (Å²) in [7, 11) is 0. The lowest BCUT2D eigenvalue weighted by atomic mass is 10.1. The summed E-state index contributed by atoms with van der Waals surface area (Å²) in [6.45, 7) is 2.42. The topological polar surface area (TPSA) is 44.1 Å². The number of aromatic nitrogens is 2. The zero-order chi connectivity index (χ0) is 17.8. The summed E-state index contributed by atoms with van der Waals surface area (Å²) in [5, 5.41) is 5.13. The minimum Gasteiger partial charge on any atom is -0.461 e. The number of halogens is 2. The van der Waals surface area contributed by atoms with Crippen molar-refractivity contribution < 1.29 is 13.9 Å². The first-order valence-corrected chi connectivity index (χ1v) is 8.20. The summed E-state index contributed by atoms with van der Waals surface area (Å²) in [4.78, 5) is 12.2. The van der Waals surface area contributed by atoms with Gasteiger partial charge in [-0.25, -0.2) is 9.18 Å². The molecule has 1 aromatic heterocycles. The Labute approximate surface area is 149 Å². The van der Waals surface area contributed by atoms with Crippen LogP contribution in [0.15, 0.2) is 54.6 Å². The molecule has 0 radical (unpaired) electrons. The Morgan fingerprint density at radius 1 is 1.16 bits per heavy atom. The fourth-order valence-corrected chi connectivity index (χ4v) is 2.56. The Morgan fingerprint density at radius 3 is 2.48 bits per heavy atom. The third kappa shape index (κ3) is 4.06. The fraction of sp³-hybridized carbons (Fsp3) is 0.158. The number of benzene rings is 2. The molecule has 2 aromatic carbocycles. The molecule has 0 saturated heterocycles. The summed E-state index contributed by atoms with van der Waals surface area (Å²) in [5.41, 5.74) is 2.60. The van der Waals surface area contributed by atoms with Gasteiger partial charge in [-0.2, -0.15) is 5.10 Å². The van der Waals surface area contributed by atoms with Gasteiger partial charge in [0.2, 0.25) is 0 Å². The van der Waals surface area contributed by atoms with E-state index in [0.29, 0.717) is 23.0 Å². The van der Waals surface area contributed by atoms with E-state index in [1.807, 2.05) is 12.1 Å². The van der Waals surface area contributed by atoms with Gasteiger partial charge >= 0.3 is 5.97 Å². The summed E-state index contributed by atoms with van der Waals surface area (Å²) < 4.78 is 19.8. The average Bonchev–Trinajstić information content (AvgIpc) is 3.02. The minimum atomic E-state index is -0.447. The van der Waals surface area contributed by atoms with Crippen molar-refractivity contribution in [3.63, 3.8) is 0 Å². The maximum absolute atomic E-state index is 13.1. The lowest BCUT2D eigenvalue weighted by Crippen LogP contribution is -2.14. The Bertz CT molecular complexity index is 873. The number of carbonyl (C=O) groups is 1. The van der Waals surface area contributed by atoms with Crippen molar-refractivity contribution in [2.75, 3.05) is 6.61 Å². The van der Waals surface area contributed by atoms with E-state index < -0.39 is 5.97 Å². The molecule has 0 saturated carbocycles. The molecular formula is C19H16ClFN2O2. The lowest BCUT2D eigenvalue weighted by molar-refractivity contribution is 0.0512. The smallest absolute Gasteiger partial charge is 0.356 e. The number of ether oxygens (including phenoxy) is 1. The first-order chi connectivity index (χ1) is 12.1. The molecule has 25 heavy (non-hydrogen) atoms. The minimum absolute atomic E-state index is 0.275. The van der Waals surface area contributed by atoms with Crippen molar-refractivity contribution in [1.82, 2.24) is 9.78 Å². The molecule has 128 valence electrons. The Balaban J connectivity index is 1.97. The van der Waals surface area contributed by atoms with Crippen LogP contribution in [0.2, 0.25) is 5.02 Å². The van der Waals surface area contributed by atoms with E-state index in [1.54, 1.807) is 41.9 Å². The fourth-order valence-electron chi connectivity index (χ4n) is 2.43. The highest BCUT2D eigenvalue weighted by Gasteiger charge is 2.17. The maximum atomic E-state index is 13.1. The summed E-state index contributed by atoms with van der Waals surface area (Å²) in [5.74, 6) is -0.771. The van der Waals surface area contributed by atoms with Crippen LogP contribution in [0.4, 0.5) is 4.39 Å². The van der Waals surface area contributed by atoms with Crippen LogP contribution in [0.1, 0.15) is 23.0 Å². The van der Waals surface area contributed by atoms with Crippen LogP contribution in [-0.4, -0.2) is 22.4 Å².